The van der Waals surface area contributed by atoms with E-state index in [0.717, 1.165) is 0 Å². The third-order valence-corrected chi connectivity index (χ3v) is 1.80. The van der Waals surface area contributed by atoms with Crippen molar-refractivity contribution in [1.29, 1.82) is 0 Å². The Hall–Kier alpha value is -1.44. The summed E-state index contributed by atoms with van der Waals surface area (Å²) in [4.78, 5) is 13.3. The molecule has 9 heteroatoms. The third kappa shape index (κ3) is 3.52. The zero-order chi connectivity index (χ0) is 13.2. The minimum Gasteiger partial charge on any atom is -0.402 e. The van der Waals surface area contributed by atoms with Crippen LogP contribution in [-0.4, -0.2) is 17.6 Å². The van der Waals surface area contributed by atoms with Gasteiger partial charge in [0, 0.05) is 0 Å². The Balaban J connectivity index is 3.31. The number of rotatable bonds is 3. The second kappa shape index (κ2) is 4.82. The van der Waals surface area contributed by atoms with Crippen LogP contribution in [0.4, 0.5) is 22.0 Å². The molecule has 3 nitrogen and oxygen atoms in total. The van der Waals surface area contributed by atoms with Crippen molar-refractivity contribution in [3.05, 3.63) is 22.5 Å². The molecule has 1 aromatic rings. The Kier molecular flexibility index (Phi) is 3.87. The molecule has 1 aromatic heterocycles. The molecule has 0 aromatic carbocycles. The maximum Gasteiger partial charge on any atom is 0.573 e. The molecule has 0 spiro atoms. The van der Waals surface area contributed by atoms with Crippen molar-refractivity contribution in [2.75, 3.05) is 0 Å². The van der Waals surface area contributed by atoms with Crippen molar-refractivity contribution in [1.82, 2.24) is 4.98 Å². The molecule has 0 fully saturated rings. The molecule has 0 radical (unpaired) electrons. The molecule has 0 unspecified atom stereocenters. The van der Waals surface area contributed by atoms with Crippen LogP contribution in [0.3, 0.4) is 0 Å². The quantitative estimate of drug-likeness (QED) is 0.627. The van der Waals surface area contributed by atoms with Gasteiger partial charge in [-0.25, -0.2) is 13.8 Å². The lowest BCUT2D eigenvalue weighted by atomic mass is 10.3. The average Bonchev–Trinajstić information content (AvgIpc) is 2.18. The van der Waals surface area contributed by atoms with Gasteiger partial charge in [-0.3, -0.25) is 4.79 Å². The van der Waals surface area contributed by atoms with Gasteiger partial charge in [0.2, 0.25) is 0 Å². The smallest absolute Gasteiger partial charge is 0.402 e. The summed E-state index contributed by atoms with van der Waals surface area (Å²) in [6.07, 6.45) is -8.46. The standard InChI is InChI=1S/C8H3ClF5NO2/c9-4-1-3(2-16)15-5(7(10)11)6(4)17-8(12,13)14/h1-2,7H. The highest BCUT2D eigenvalue weighted by atomic mass is 35.5. The average molecular weight is 276 g/mol. The predicted molar refractivity (Wildman–Crippen MR) is 46.3 cm³/mol. The Morgan fingerprint density at radius 2 is 2.00 bits per heavy atom. The zero-order valence-electron chi connectivity index (χ0n) is 7.76. The number of ether oxygens (including phenoxy) is 1. The minimum atomic E-state index is -5.18. The van der Waals surface area contributed by atoms with Crippen LogP contribution in [0.5, 0.6) is 5.75 Å². The van der Waals surface area contributed by atoms with Gasteiger partial charge in [-0.1, -0.05) is 11.6 Å². The van der Waals surface area contributed by atoms with Crippen molar-refractivity contribution in [2.24, 2.45) is 0 Å². The van der Waals surface area contributed by atoms with Gasteiger partial charge in [-0.05, 0) is 6.07 Å². The molecule has 1 rings (SSSR count). The summed E-state index contributed by atoms with van der Waals surface area (Å²) in [7, 11) is 0. The lowest BCUT2D eigenvalue weighted by molar-refractivity contribution is -0.275. The number of aromatic nitrogens is 1. The van der Waals surface area contributed by atoms with Crippen LogP contribution in [0.2, 0.25) is 5.02 Å². The number of carbonyl (C=O) groups excluding carboxylic acids is 1. The number of hydrogen-bond donors (Lipinski definition) is 0. The number of carbonyl (C=O) groups is 1. The Bertz CT molecular complexity index is 435. The van der Waals surface area contributed by atoms with Gasteiger partial charge in [0.25, 0.3) is 6.43 Å². The fourth-order valence-corrected chi connectivity index (χ4v) is 1.21. The lowest BCUT2D eigenvalue weighted by Gasteiger charge is -2.13. The highest BCUT2D eigenvalue weighted by Gasteiger charge is 2.35. The number of hydrogen-bond acceptors (Lipinski definition) is 3. The fraction of sp³-hybridized carbons (Fsp3) is 0.250. The molecule has 0 aliphatic heterocycles. The van der Waals surface area contributed by atoms with E-state index in [1.54, 1.807) is 0 Å². The molecule has 0 aliphatic carbocycles. The van der Waals surface area contributed by atoms with E-state index in [2.05, 4.69) is 9.72 Å². The van der Waals surface area contributed by atoms with Gasteiger partial charge in [0.1, 0.15) is 5.69 Å². The van der Waals surface area contributed by atoms with Crippen molar-refractivity contribution in [3.8, 4) is 5.75 Å². The molecule has 0 saturated heterocycles. The third-order valence-electron chi connectivity index (χ3n) is 1.52. The first-order valence-electron chi connectivity index (χ1n) is 3.94. The van der Waals surface area contributed by atoms with Gasteiger partial charge in [0.15, 0.2) is 17.7 Å². The molecule has 0 bridgehead atoms. The summed E-state index contributed by atoms with van der Waals surface area (Å²) >= 11 is 5.31. The zero-order valence-corrected chi connectivity index (χ0v) is 8.52. The number of alkyl halides is 5. The molecular formula is C8H3ClF5NO2. The topological polar surface area (TPSA) is 39.2 Å². The highest BCUT2D eigenvalue weighted by molar-refractivity contribution is 6.32. The van der Waals surface area contributed by atoms with E-state index in [4.69, 9.17) is 11.6 Å². The van der Waals surface area contributed by atoms with E-state index < -0.39 is 34.9 Å². The predicted octanol–water partition coefficient (Wildman–Crippen LogP) is 3.38. The second-order valence-electron chi connectivity index (χ2n) is 2.71. The van der Waals surface area contributed by atoms with E-state index in [0.29, 0.717) is 6.07 Å². The van der Waals surface area contributed by atoms with Crippen LogP contribution >= 0.6 is 11.6 Å². The first kappa shape index (κ1) is 13.6. The van der Waals surface area contributed by atoms with E-state index in [-0.39, 0.29) is 6.29 Å². The molecular weight excluding hydrogens is 273 g/mol. The molecule has 94 valence electrons. The van der Waals surface area contributed by atoms with Crippen molar-refractivity contribution in [3.63, 3.8) is 0 Å². The van der Waals surface area contributed by atoms with Gasteiger partial charge < -0.3 is 4.74 Å². The van der Waals surface area contributed by atoms with Gasteiger partial charge in [-0.2, -0.15) is 0 Å². The molecule has 0 N–H and O–H groups in total. The number of halogens is 6. The Morgan fingerprint density at radius 1 is 1.41 bits per heavy atom. The number of aldehydes is 1. The molecule has 0 aliphatic rings. The number of pyridine rings is 1. The summed E-state index contributed by atoms with van der Waals surface area (Å²) in [5.41, 5.74) is -1.85. The summed E-state index contributed by atoms with van der Waals surface area (Å²) < 4.78 is 63.9. The molecule has 17 heavy (non-hydrogen) atoms. The second-order valence-corrected chi connectivity index (χ2v) is 3.12. The highest BCUT2D eigenvalue weighted by Crippen LogP contribution is 2.37. The fourth-order valence-electron chi connectivity index (χ4n) is 0.965. The number of nitrogens with zero attached hydrogens (tertiary/aromatic N) is 1. The van der Waals surface area contributed by atoms with Crippen LogP contribution in [0, 0.1) is 0 Å². The van der Waals surface area contributed by atoms with E-state index in [1.807, 2.05) is 0 Å². The van der Waals surface area contributed by atoms with Crippen molar-refractivity contribution in [2.45, 2.75) is 12.8 Å². The van der Waals surface area contributed by atoms with E-state index in [9.17, 15) is 26.7 Å². The lowest BCUT2D eigenvalue weighted by Crippen LogP contribution is -2.19. The van der Waals surface area contributed by atoms with Crippen molar-refractivity contribution < 1.29 is 31.5 Å². The van der Waals surface area contributed by atoms with Crippen LogP contribution in [0.1, 0.15) is 22.6 Å². The monoisotopic (exact) mass is 275 g/mol. The van der Waals surface area contributed by atoms with Crippen LogP contribution < -0.4 is 4.74 Å². The summed E-state index contributed by atoms with van der Waals surface area (Å²) in [5, 5.41) is -0.769. The van der Waals surface area contributed by atoms with Crippen LogP contribution in [-0.2, 0) is 0 Å². The van der Waals surface area contributed by atoms with Gasteiger partial charge in [-0.15, -0.1) is 13.2 Å². The molecule has 0 amide bonds. The first-order valence-corrected chi connectivity index (χ1v) is 4.32. The van der Waals surface area contributed by atoms with Crippen molar-refractivity contribution >= 4 is 17.9 Å². The maximum atomic E-state index is 12.4. The molecule has 0 saturated carbocycles. The normalized spacial score (nSPS) is 11.7. The molecule has 1 heterocycles. The van der Waals surface area contributed by atoms with Crippen LogP contribution in [0.25, 0.3) is 0 Å². The Labute approximate surface area is 96.2 Å². The van der Waals surface area contributed by atoms with Crippen LogP contribution in [0.15, 0.2) is 6.07 Å². The largest absolute Gasteiger partial charge is 0.573 e. The minimum absolute atomic E-state index is 0.0785. The molecule has 0 atom stereocenters. The van der Waals surface area contributed by atoms with E-state index >= 15 is 0 Å². The first-order chi connectivity index (χ1) is 7.74. The van der Waals surface area contributed by atoms with E-state index in [1.165, 1.54) is 0 Å². The summed E-state index contributed by atoms with van der Waals surface area (Å²) in [6.45, 7) is 0. The maximum absolute atomic E-state index is 12.4. The summed E-state index contributed by atoms with van der Waals surface area (Å²) in [5.74, 6) is -1.31. The van der Waals surface area contributed by atoms with Gasteiger partial charge in [0.05, 0.1) is 5.02 Å². The SMILES string of the molecule is O=Cc1cc(Cl)c(OC(F)(F)F)c(C(F)F)n1. The van der Waals surface area contributed by atoms with Gasteiger partial charge >= 0.3 is 6.36 Å². The summed E-state index contributed by atoms with van der Waals surface area (Å²) in [6, 6.07) is 0.696. The Morgan fingerprint density at radius 3 is 2.41 bits per heavy atom.